The second-order valence-corrected chi connectivity index (χ2v) is 5.67. The number of hydrogen-bond donors (Lipinski definition) is 1. The van der Waals surface area contributed by atoms with Gasteiger partial charge < -0.3 is 10.1 Å². The number of benzene rings is 1. The van der Waals surface area contributed by atoms with Crippen LogP contribution in [0.5, 0.6) is 0 Å². The largest absolute Gasteiger partial charge is 0.381 e. The minimum atomic E-state index is -0.0893. The summed E-state index contributed by atoms with van der Waals surface area (Å²) in [5.41, 5.74) is 0.832. The lowest BCUT2D eigenvalue weighted by Gasteiger charge is -2.05. The van der Waals surface area contributed by atoms with Crippen molar-refractivity contribution in [3.05, 3.63) is 29.3 Å². The van der Waals surface area contributed by atoms with Crippen LogP contribution in [0.3, 0.4) is 0 Å². The fourth-order valence-electron chi connectivity index (χ4n) is 1.97. The van der Waals surface area contributed by atoms with Crippen molar-refractivity contribution in [2.75, 3.05) is 18.5 Å². The van der Waals surface area contributed by atoms with Crippen molar-refractivity contribution in [1.29, 1.82) is 0 Å². The SMILES string of the molecule is O=C(Nc1nc(-c2cccc(Cl)c2)ns1)C1CCOC1. The maximum Gasteiger partial charge on any atom is 0.231 e. The maximum atomic E-state index is 11.9. The fourth-order valence-corrected chi connectivity index (χ4v) is 2.75. The van der Waals surface area contributed by atoms with Gasteiger partial charge in [0.1, 0.15) is 0 Å². The highest BCUT2D eigenvalue weighted by atomic mass is 35.5. The Kier molecular flexibility index (Phi) is 3.95. The summed E-state index contributed by atoms with van der Waals surface area (Å²) in [7, 11) is 0. The van der Waals surface area contributed by atoms with E-state index in [1.807, 2.05) is 12.1 Å². The molecule has 104 valence electrons. The van der Waals surface area contributed by atoms with E-state index in [2.05, 4.69) is 14.7 Å². The molecule has 7 heteroatoms. The number of carbonyl (C=O) groups is 1. The monoisotopic (exact) mass is 309 g/mol. The summed E-state index contributed by atoms with van der Waals surface area (Å²) in [4.78, 5) is 16.3. The molecule has 0 aliphatic carbocycles. The molecule has 1 aromatic heterocycles. The number of anilines is 1. The number of nitrogens with zero attached hydrogens (tertiary/aromatic N) is 2. The first kappa shape index (κ1) is 13.5. The van der Waals surface area contributed by atoms with Crippen LogP contribution in [0, 0.1) is 5.92 Å². The van der Waals surface area contributed by atoms with E-state index in [0.29, 0.717) is 29.2 Å². The van der Waals surface area contributed by atoms with E-state index >= 15 is 0 Å². The van der Waals surface area contributed by atoms with Crippen LogP contribution in [-0.2, 0) is 9.53 Å². The van der Waals surface area contributed by atoms with E-state index in [4.69, 9.17) is 16.3 Å². The number of carbonyl (C=O) groups excluding carboxylic acids is 1. The van der Waals surface area contributed by atoms with E-state index in [9.17, 15) is 4.79 Å². The van der Waals surface area contributed by atoms with Gasteiger partial charge in [-0.05, 0) is 18.6 Å². The number of nitrogens with one attached hydrogen (secondary N) is 1. The minimum absolute atomic E-state index is 0.0590. The molecule has 1 aromatic carbocycles. The van der Waals surface area contributed by atoms with Crippen molar-refractivity contribution in [1.82, 2.24) is 9.36 Å². The predicted molar refractivity (Wildman–Crippen MR) is 77.9 cm³/mol. The number of ether oxygens (including phenoxy) is 1. The van der Waals surface area contributed by atoms with Gasteiger partial charge in [-0.25, -0.2) is 0 Å². The molecule has 20 heavy (non-hydrogen) atoms. The molecule has 0 saturated carbocycles. The summed E-state index contributed by atoms with van der Waals surface area (Å²) in [6.07, 6.45) is 0.756. The van der Waals surface area contributed by atoms with Gasteiger partial charge in [-0.1, -0.05) is 23.7 Å². The van der Waals surface area contributed by atoms with Crippen LogP contribution in [-0.4, -0.2) is 28.5 Å². The molecule has 1 unspecified atom stereocenters. The van der Waals surface area contributed by atoms with Gasteiger partial charge in [0.15, 0.2) is 5.82 Å². The van der Waals surface area contributed by atoms with Gasteiger partial charge in [-0.3, -0.25) is 4.79 Å². The summed E-state index contributed by atoms with van der Waals surface area (Å²) >= 11 is 7.10. The highest BCUT2D eigenvalue weighted by Gasteiger charge is 2.24. The Hall–Kier alpha value is -1.50. The first-order chi connectivity index (χ1) is 9.72. The van der Waals surface area contributed by atoms with Gasteiger partial charge in [-0.15, -0.1) is 0 Å². The lowest BCUT2D eigenvalue weighted by molar-refractivity contribution is -0.119. The van der Waals surface area contributed by atoms with Gasteiger partial charge in [0.05, 0.1) is 12.5 Å². The second kappa shape index (κ2) is 5.87. The highest BCUT2D eigenvalue weighted by Crippen LogP contribution is 2.24. The van der Waals surface area contributed by atoms with Crippen molar-refractivity contribution in [3.63, 3.8) is 0 Å². The van der Waals surface area contributed by atoms with Crippen LogP contribution in [0.2, 0.25) is 5.02 Å². The maximum absolute atomic E-state index is 11.9. The summed E-state index contributed by atoms with van der Waals surface area (Å²) in [6, 6.07) is 7.30. The van der Waals surface area contributed by atoms with Crippen LogP contribution < -0.4 is 5.32 Å². The van der Waals surface area contributed by atoms with Crippen LogP contribution in [0.15, 0.2) is 24.3 Å². The van der Waals surface area contributed by atoms with Crippen LogP contribution in [0.25, 0.3) is 11.4 Å². The molecule has 0 radical (unpaired) electrons. The highest BCUT2D eigenvalue weighted by molar-refractivity contribution is 7.10. The summed E-state index contributed by atoms with van der Waals surface area (Å²) < 4.78 is 9.43. The molecule has 3 rings (SSSR count). The molecule has 5 nitrogen and oxygen atoms in total. The minimum Gasteiger partial charge on any atom is -0.381 e. The van der Waals surface area contributed by atoms with Crippen LogP contribution >= 0.6 is 23.1 Å². The summed E-state index contributed by atoms with van der Waals surface area (Å²) in [5, 5.41) is 3.91. The average Bonchev–Trinajstić information content (AvgIpc) is 3.10. The Morgan fingerprint density at radius 2 is 2.40 bits per heavy atom. The third-order valence-electron chi connectivity index (χ3n) is 3.04. The van der Waals surface area contributed by atoms with Crippen molar-refractivity contribution in [3.8, 4) is 11.4 Å². The smallest absolute Gasteiger partial charge is 0.231 e. The lowest BCUT2D eigenvalue weighted by Crippen LogP contribution is -2.22. The normalized spacial score (nSPS) is 18.1. The molecular weight excluding hydrogens is 298 g/mol. The Morgan fingerprint density at radius 3 is 3.15 bits per heavy atom. The van der Waals surface area contributed by atoms with Gasteiger partial charge in [0.25, 0.3) is 0 Å². The number of amides is 1. The quantitative estimate of drug-likeness (QED) is 0.947. The Labute approximate surface area is 125 Å². The van der Waals surface area contributed by atoms with E-state index in [1.54, 1.807) is 12.1 Å². The topological polar surface area (TPSA) is 64.1 Å². The first-order valence-electron chi connectivity index (χ1n) is 6.20. The number of hydrogen-bond acceptors (Lipinski definition) is 5. The molecule has 2 aromatic rings. The number of halogens is 1. The standard InChI is InChI=1S/C13H12ClN3O2S/c14-10-3-1-2-8(6-10)11-15-13(20-17-11)16-12(18)9-4-5-19-7-9/h1-3,6,9H,4-5,7H2,(H,15,16,17,18). The third kappa shape index (κ3) is 2.98. The zero-order valence-corrected chi connectivity index (χ0v) is 12.1. The Bertz CT molecular complexity index is 626. The van der Waals surface area contributed by atoms with Gasteiger partial charge >= 0.3 is 0 Å². The zero-order chi connectivity index (χ0) is 13.9. The number of aromatic nitrogens is 2. The predicted octanol–water partition coefficient (Wildman–Crippen LogP) is 2.83. The van der Waals surface area contributed by atoms with Crippen molar-refractivity contribution < 1.29 is 9.53 Å². The zero-order valence-electron chi connectivity index (χ0n) is 10.5. The Balaban J connectivity index is 1.72. The van der Waals surface area contributed by atoms with E-state index in [1.165, 1.54) is 0 Å². The van der Waals surface area contributed by atoms with Gasteiger partial charge in [0, 0.05) is 28.7 Å². The molecule has 2 heterocycles. The van der Waals surface area contributed by atoms with Crippen molar-refractivity contribution >= 4 is 34.2 Å². The van der Waals surface area contributed by atoms with E-state index < -0.39 is 0 Å². The first-order valence-corrected chi connectivity index (χ1v) is 7.36. The molecule has 0 spiro atoms. The Morgan fingerprint density at radius 1 is 1.50 bits per heavy atom. The molecule has 0 bridgehead atoms. The van der Waals surface area contributed by atoms with E-state index in [-0.39, 0.29) is 11.8 Å². The molecule has 1 aliphatic heterocycles. The summed E-state index contributed by atoms with van der Waals surface area (Å²) in [6.45, 7) is 1.12. The molecule has 1 atom stereocenters. The second-order valence-electron chi connectivity index (χ2n) is 4.48. The fraction of sp³-hybridized carbons (Fsp3) is 0.308. The molecule has 1 N–H and O–H groups in total. The molecular formula is C13H12ClN3O2S. The molecule has 1 fully saturated rings. The van der Waals surface area contributed by atoms with Gasteiger partial charge in [-0.2, -0.15) is 9.36 Å². The van der Waals surface area contributed by atoms with Gasteiger partial charge in [0.2, 0.25) is 11.0 Å². The lowest BCUT2D eigenvalue weighted by atomic mass is 10.1. The third-order valence-corrected chi connectivity index (χ3v) is 3.91. The van der Waals surface area contributed by atoms with Crippen LogP contribution in [0.4, 0.5) is 5.13 Å². The molecule has 1 amide bonds. The molecule has 1 aliphatic rings. The van der Waals surface area contributed by atoms with Crippen molar-refractivity contribution in [2.45, 2.75) is 6.42 Å². The average molecular weight is 310 g/mol. The summed E-state index contributed by atoms with van der Waals surface area (Å²) in [5.74, 6) is 0.417. The van der Waals surface area contributed by atoms with Crippen molar-refractivity contribution in [2.24, 2.45) is 5.92 Å². The molecule has 1 saturated heterocycles. The number of rotatable bonds is 3. The van der Waals surface area contributed by atoms with Crippen LogP contribution in [0.1, 0.15) is 6.42 Å². The van der Waals surface area contributed by atoms with E-state index in [0.717, 1.165) is 23.5 Å².